The van der Waals surface area contributed by atoms with Crippen LogP contribution in [0, 0.1) is 20.8 Å². The Labute approximate surface area is 189 Å². The van der Waals surface area contributed by atoms with Gasteiger partial charge >= 0.3 is 0 Å². The summed E-state index contributed by atoms with van der Waals surface area (Å²) in [6.45, 7) is 7.92. The molecule has 1 saturated heterocycles. The van der Waals surface area contributed by atoms with Gasteiger partial charge in [0.25, 0.3) is 0 Å². The van der Waals surface area contributed by atoms with E-state index in [0.29, 0.717) is 6.61 Å². The normalized spacial score (nSPS) is 18.5. The highest BCUT2D eigenvalue weighted by molar-refractivity contribution is 7.80. The van der Waals surface area contributed by atoms with E-state index in [1.54, 1.807) is 7.11 Å². The van der Waals surface area contributed by atoms with E-state index in [2.05, 4.69) is 63.7 Å². The minimum absolute atomic E-state index is 0.0185. The molecule has 0 amide bonds. The highest BCUT2D eigenvalue weighted by Crippen LogP contribution is 2.41. The molecule has 0 unspecified atom stereocenters. The summed E-state index contributed by atoms with van der Waals surface area (Å²) in [7, 11) is 1.73. The van der Waals surface area contributed by atoms with Gasteiger partial charge in [-0.2, -0.15) is 0 Å². The van der Waals surface area contributed by atoms with Gasteiger partial charge in [0.15, 0.2) is 5.11 Å². The number of ether oxygens (including phenoxy) is 1. The van der Waals surface area contributed by atoms with Crippen LogP contribution in [-0.2, 0) is 4.74 Å². The first-order valence-electron chi connectivity index (χ1n) is 10.6. The summed E-state index contributed by atoms with van der Waals surface area (Å²) >= 11 is 5.77. The Morgan fingerprint density at radius 3 is 2.61 bits per heavy atom. The quantitative estimate of drug-likeness (QED) is 0.443. The van der Waals surface area contributed by atoms with Crippen LogP contribution in [0.5, 0.6) is 0 Å². The van der Waals surface area contributed by atoms with Crippen LogP contribution in [0.2, 0.25) is 0 Å². The van der Waals surface area contributed by atoms with Gasteiger partial charge in [0.2, 0.25) is 0 Å². The fraction of sp³-hybridized carbons (Fsp3) is 0.375. The number of hydrogen-bond acceptors (Lipinski definition) is 4. The highest BCUT2D eigenvalue weighted by atomic mass is 32.1. The van der Waals surface area contributed by atoms with Gasteiger partial charge in [0.1, 0.15) is 5.82 Å². The maximum Gasteiger partial charge on any atom is 0.170 e. The molecule has 3 aromatic heterocycles. The molecule has 1 fully saturated rings. The summed E-state index contributed by atoms with van der Waals surface area (Å²) in [5.41, 5.74) is 5.71. The fourth-order valence-corrected chi connectivity index (χ4v) is 4.82. The molecule has 4 heterocycles. The van der Waals surface area contributed by atoms with Crippen molar-refractivity contribution in [3.63, 3.8) is 0 Å². The first-order valence-corrected chi connectivity index (χ1v) is 11.0. The Balaban J connectivity index is 1.80. The molecule has 6 nitrogen and oxygen atoms in total. The molecular weight excluding hydrogens is 406 g/mol. The van der Waals surface area contributed by atoms with Crippen molar-refractivity contribution in [2.75, 3.05) is 20.3 Å². The second kappa shape index (κ2) is 9.16. The van der Waals surface area contributed by atoms with Crippen LogP contribution in [0.25, 0.3) is 5.82 Å². The van der Waals surface area contributed by atoms with Crippen LogP contribution in [0.15, 0.2) is 48.8 Å². The van der Waals surface area contributed by atoms with E-state index in [-0.39, 0.29) is 12.1 Å². The summed E-state index contributed by atoms with van der Waals surface area (Å²) in [4.78, 5) is 11.6. The average Bonchev–Trinajstić information content (AvgIpc) is 3.25. The van der Waals surface area contributed by atoms with Crippen molar-refractivity contribution in [1.82, 2.24) is 24.8 Å². The lowest BCUT2D eigenvalue weighted by Gasteiger charge is -2.28. The maximum absolute atomic E-state index is 5.77. The molecule has 31 heavy (non-hydrogen) atoms. The number of methoxy groups -OCH3 is 1. The predicted octanol–water partition coefficient (Wildman–Crippen LogP) is 4.20. The van der Waals surface area contributed by atoms with Crippen LogP contribution < -0.4 is 5.32 Å². The van der Waals surface area contributed by atoms with E-state index in [4.69, 9.17) is 17.0 Å². The number of rotatable bonds is 7. The van der Waals surface area contributed by atoms with Crippen LogP contribution in [0.4, 0.5) is 0 Å². The van der Waals surface area contributed by atoms with Gasteiger partial charge < -0.3 is 19.5 Å². The van der Waals surface area contributed by atoms with Gasteiger partial charge in [0.05, 0.1) is 17.8 Å². The Bertz CT molecular complexity index is 1070. The minimum Gasteiger partial charge on any atom is -0.385 e. The van der Waals surface area contributed by atoms with Gasteiger partial charge in [-0.15, -0.1) is 0 Å². The molecule has 4 rings (SSSR count). The molecule has 2 atom stereocenters. The molecule has 3 aromatic rings. The predicted molar refractivity (Wildman–Crippen MR) is 126 cm³/mol. The Morgan fingerprint density at radius 2 is 1.90 bits per heavy atom. The maximum atomic E-state index is 5.77. The van der Waals surface area contributed by atoms with E-state index < -0.39 is 0 Å². The molecule has 0 spiro atoms. The molecule has 1 aliphatic heterocycles. The third-order valence-corrected chi connectivity index (χ3v) is 6.28. The first-order chi connectivity index (χ1) is 15.0. The third-order valence-electron chi connectivity index (χ3n) is 5.93. The van der Waals surface area contributed by atoms with Crippen molar-refractivity contribution < 1.29 is 4.74 Å². The SMILES string of the molecule is COCCCN1C(=S)N[C@H](c2ccccn2)[C@@H]1c1cc(C)n(-c2ncccc2C)c1C. The minimum atomic E-state index is -0.0185. The van der Waals surface area contributed by atoms with Crippen LogP contribution >= 0.6 is 12.2 Å². The van der Waals surface area contributed by atoms with Crippen molar-refractivity contribution in [2.24, 2.45) is 0 Å². The first kappa shape index (κ1) is 21.5. The zero-order valence-corrected chi connectivity index (χ0v) is 19.3. The Morgan fingerprint density at radius 1 is 1.10 bits per heavy atom. The number of nitrogens with one attached hydrogen (secondary N) is 1. The number of aromatic nitrogens is 3. The van der Waals surface area contributed by atoms with Gasteiger partial charge in [-0.3, -0.25) is 4.98 Å². The molecule has 0 aliphatic carbocycles. The summed E-state index contributed by atoms with van der Waals surface area (Å²) in [5.74, 6) is 0.970. The summed E-state index contributed by atoms with van der Waals surface area (Å²) in [6, 6.07) is 12.4. The van der Waals surface area contributed by atoms with E-state index in [1.807, 2.05) is 30.6 Å². The average molecular weight is 436 g/mol. The summed E-state index contributed by atoms with van der Waals surface area (Å²) < 4.78 is 7.54. The lowest BCUT2D eigenvalue weighted by molar-refractivity contribution is 0.180. The number of pyridine rings is 2. The van der Waals surface area contributed by atoms with Gasteiger partial charge in [-0.05, 0) is 74.8 Å². The molecule has 0 bridgehead atoms. The van der Waals surface area contributed by atoms with Crippen LogP contribution in [0.1, 0.15) is 46.7 Å². The smallest absolute Gasteiger partial charge is 0.170 e. The lowest BCUT2D eigenvalue weighted by Crippen LogP contribution is -2.31. The Hall–Kier alpha value is -2.77. The molecule has 1 N–H and O–H groups in total. The molecule has 0 saturated carbocycles. The second-order valence-corrected chi connectivity index (χ2v) is 8.36. The molecule has 162 valence electrons. The molecule has 1 aliphatic rings. The summed E-state index contributed by atoms with van der Waals surface area (Å²) in [5, 5.41) is 4.29. The lowest BCUT2D eigenvalue weighted by atomic mass is 9.96. The van der Waals surface area contributed by atoms with Crippen LogP contribution in [0.3, 0.4) is 0 Å². The largest absolute Gasteiger partial charge is 0.385 e. The molecule has 0 aromatic carbocycles. The van der Waals surface area contributed by atoms with Crippen molar-refractivity contribution in [2.45, 2.75) is 39.3 Å². The zero-order chi connectivity index (χ0) is 22.0. The Kier molecular flexibility index (Phi) is 6.34. The van der Waals surface area contributed by atoms with Crippen molar-refractivity contribution in [3.05, 3.63) is 77.0 Å². The number of aryl methyl sites for hydroxylation is 2. The van der Waals surface area contributed by atoms with Crippen molar-refractivity contribution in [3.8, 4) is 5.82 Å². The zero-order valence-electron chi connectivity index (χ0n) is 18.5. The molecule has 7 heteroatoms. The second-order valence-electron chi connectivity index (χ2n) is 7.97. The highest BCUT2D eigenvalue weighted by Gasteiger charge is 2.41. The molecular formula is C24H29N5OS. The topological polar surface area (TPSA) is 55.2 Å². The number of thiocarbonyl (C=S) groups is 1. The van der Waals surface area contributed by atoms with Crippen molar-refractivity contribution >= 4 is 17.3 Å². The van der Waals surface area contributed by atoms with E-state index in [1.165, 1.54) is 11.3 Å². The van der Waals surface area contributed by atoms with Gasteiger partial charge in [-0.25, -0.2) is 4.98 Å². The van der Waals surface area contributed by atoms with Crippen molar-refractivity contribution in [1.29, 1.82) is 0 Å². The molecule has 0 radical (unpaired) electrons. The standard InChI is InChI=1S/C24H29N5OS/c1-16-9-7-12-26-23(16)29-17(2)15-19(18(29)3)22-21(20-10-5-6-11-25-20)27-24(31)28(22)13-8-14-30-4/h5-7,9-12,15,21-22H,8,13-14H2,1-4H3,(H,27,31)/t21-,22+/m1/s1. The number of nitrogens with zero attached hydrogens (tertiary/aromatic N) is 4. The summed E-state index contributed by atoms with van der Waals surface area (Å²) in [6.07, 6.45) is 4.59. The van der Waals surface area contributed by atoms with Gasteiger partial charge in [0, 0.05) is 44.0 Å². The van der Waals surface area contributed by atoms with E-state index >= 15 is 0 Å². The number of hydrogen-bond donors (Lipinski definition) is 1. The van der Waals surface area contributed by atoms with Crippen LogP contribution in [-0.4, -0.2) is 44.8 Å². The van der Waals surface area contributed by atoms with E-state index in [9.17, 15) is 0 Å². The van der Waals surface area contributed by atoms with Gasteiger partial charge in [-0.1, -0.05) is 12.1 Å². The monoisotopic (exact) mass is 435 g/mol. The van der Waals surface area contributed by atoms with E-state index in [0.717, 1.165) is 40.8 Å². The third kappa shape index (κ3) is 4.07. The fourth-order valence-electron chi connectivity index (χ4n) is 4.49.